The number of benzene rings is 1. The second-order valence-corrected chi connectivity index (χ2v) is 14.9. The number of nitrogens with zero attached hydrogens (tertiary/aromatic N) is 4. The van der Waals surface area contributed by atoms with Crippen LogP contribution in [0.5, 0.6) is 0 Å². The Balaban J connectivity index is 1.61. The van der Waals surface area contributed by atoms with Crippen LogP contribution in [0, 0.1) is 6.92 Å². The van der Waals surface area contributed by atoms with E-state index >= 15 is 8.63 Å². The number of esters is 1. The number of quaternary nitrogens is 1. The normalized spacial score (nSPS) is 16.4. The van der Waals surface area contributed by atoms with Gasteiger partial charge in [-0.15, -0.1) is 0 Å². The topological polar surface area (TPSA) is 124 Å². The van der Waals surface area contributed by atoms with Gasteiger partial charge in [0.1, 0.15) is 12.6 Å². The summed E-state index contributed by atoms with van der Waals surface area (Å²) in [6.07, 6.45) is 4.62. The molecule has 11 nitrogen and oxygen atoms in total. The highest BCUT2D eigenvalue weighted by Crippen LogP contribution is 2.39. The Morgan fingerprint density at radius 3 is 2.43 bits per heavy atom. The number of carbonyl (C=O) groups excluding carboxylic acids is 2. The largest absolute Gasteiger partial charge is 0.748 e. The van der Waals surface area contributed by atoms with Gasteiger partial charge >= 0.3 is 12.9 Å². The minimum atomic E-state index is -4.90. The van der Waals surface area contributed by atoms with Crippen LogP contribution in [0.15, 0.2) is 53.7 Å². The molecule has 1 unspecified atom stereocenters. The first-order chi connectivity index (χ1) is 21.9. The molecule has 2 aromatic rings. The van der Waals surface area contributed by atoms with Crippen molar-refractivity contribution in [2.45, 2.75) is 38.6 Å². The van der Waals surface area contributed by atoms with Crippen LogP contribution in [0.1, 0.15) is 41.8 Å². The summed E-state index contributed by atoms with van der Waals surface area (Å²) in [5.74, 6) is -3.03. The molecular formula is C32H44BF2N5O6S. The van der Waals surface area contributed by atoms with Crippen molar-refractivity contribution in [3.63, 3.8) is 0 Å². The van der Waals surface area contributed by atoms with Crippen LogP contribution in [0.3, 0.4) is 0 Å². The first-order valence-electron chi connectivity index (χ1n) is 15.6. The summed E-state index contributed by atoms with van der Waals surface area (Å²) in [4.78, 5) is 27.2. The van der Waals surface area contributed by atoms with E-state index < -0.39 is 40.8 Å². The van der Waals surface area contributed by atoms with Crippen LogP contribution in [-0.4, -0.2) is 123 Å². The van der Waals surface area contributed by atoms with E-state index in [-0.39, 0.29) is 25.1 Å². The Kier molecular flexibility index (Phi) is 10.9. The number of hydrogen-bond donors (Lipinski definition) is 1. The highest BCUT2D eigenvalue weighted by Gasteiger charge is 2.54. The Labute approximate surface area is 275 Å². The van der Waals surface area contributed by atoms with Gasteiger partial charge in [-0.05, 0) is 63.3 Å². The summed E-state index contributed by atoms with van der Waals surface area (Å²) in [6.45, 7) is -1.51. The van der Waals surface area contributed by atoms with Gasteiger partial charge in [0.15, 0.2) is 11.4 Å². The maximum absolute atomic E-state index is 16.8. The number of halogens is 2. The summed E-state index contributed by atoms with van der Waals surface area (Å²) in [5, 5.41) is 2.26. The van der Waals surface area contributed by atoms with E-state index in [2.05, 4.69) is 26.5 Å². The van der Waals surface area contributed by atoms with Gasteiger partial charge in [-0.2, -0.15) is 0 Å². The maximum Gasteiger partial charge on any atom is 0.737 e. The molecule has 1 aromatic heterocycles. The Morgan fingerprint density at radius 2 is 1.81 bits per heavy atom. The number of allylic oxidation sites excluding steroid dienone is 2. The molecule has 0 spiro atoms. The zero-order valence-electron chi connectivity index (χ0n) is 27.8. The molecular weight excluding hydrogens is 631 g/mol. The smallest absolute Gasteiger partial charge is 0.737 e. The van der Waals surface area contributed by atoms with Crippen LogP contribution < -0.4 is 5.32 Å². The predicted octanol–water partition coefficient (Wildman–Crippen LogP) is 2.37. The van der Waals surface area contributed by atoms with Crippen molar-refractivity contribution in [3.8, 4) is 0 Å². The van der Waals surface area contributed by atoms with E-state index in [1.807, 2.05) is 24.3 Å². The molecule has 0 bridgehead atoms. The summed E-state index contributed by atoms with van der Waals surface area (Å²) < 4.78 is 75.9. The maximum atomic E-state index is 16.8. The number of aryl methyl sites for hydroxylation is 2. The van der Waals surface area contributed by atoms with E-state index in [9.17, 15) is 22.6 Å². The number of likely N-dealkylation sites (N-methyl/N-ethyl adjacent to an activating group) is 1. The number of carbonyl (C=O) groups is 2. The SMILES string of the molecule is Cc1cc(CCC(=O)NC(CS(=O)(=O)[O-])C(=O)OCCN(C)C)n2c1C=C1C(CCC[N+](C)(C)C)=CC(c3ccccc3)=[N+]1[B-]2(F)F. The fourth-order valence-corrected chi connectivity index (χ4v) is 6.53. The Morgan fingerprint density at radius 1 is 1.13 bits per heavy atom. The molecule has 0 fully saturated rings. The molecule has 1 atom stereocenters. The number of nitrogens with one attached hydrogen (secondary N) is 1. The monoisotopic (exact) mass is 675 g/mol. The van der Waals surface area contributed by atoms with Crippen LogP contribution >= 0.6 is 0 Å². The number of fused-ring (bicyclic) bond motifs is 2. The van der Waals surface area contributed by atoms with Gasteiger partial charge in [0.2, 0.25) is 5.91 Å². The van der Waals surface area contributed by atoms with Crippen molar-refractivity contribution in [1.82, 2.24) is 14.7 Å². The molecule has 1 N–H and O–H groups in total. The molecule has 4 rings (SSSR count). The fraction of sp³-hybridized carbons (Fsp3) is 0.469. The summed E-state index contributed by atoms with van der Waals surface area (Å²) in [5.41, 5.74) is 3.53. The molecule has 1 aromatic carbocycles. The van der Waals surface area contributed by atoms with E-state index in [4.69, 9.17) is 4.74 Å². The number of rotatable bonds is 15. The summed E-state index contributed by atoms with van der Waals surface area (Å²) >= 11 is 0. The van der Waals surface area contributed by atoms with Gasteiger partial charge in [0.25, 0.3) is 0 Å². The lowest BCUT2D eigenvalue weighted by atomic mass is 9.88. The Hall–Kier alpha value is -3.66. The third kappa shape index (κ3) is 9.03. The van der Waals surface area contributed by atoms with Crippen molar-refractivity contribution in [1.29, 1.82) is 0 Å². The summed E-state index contributed by atoms with van der Waals surface area (Å²) in [7, 11) is 4.87. The van der Waals surface area contributed by atoms with Crippen molar-refractivity contribution in [2.75, 3.05) is 60.7 Å². The van der Waals surface area contributed by atoms with Gasteiger partial charge < -0.3 is 41.6 Å². The minimum absolute atomic E-state index is 0.0791. The molecule has 0 saturated heterocycles. The van der Waals surface area contributed by atoms with Crippen molar-refractivity contribution >= 4 is 40.8 Å². The van der Waals surface area contributed by atoms with E-state index in [1.165, 1.54) is 0 Å². The molecule has 15 heteroatoms. The molecule has 47 heavy (non-hydrogen) atoms. The number of aromatic nitrogens is 1. The third-order valence-electron chi connectivity index (χ3n) is 8.14. The number of ether oxygens (including phenoxy) is 1. The molecule has 2 aliphatic rings. The Bertz CT molecular complexity index is 1710. The van der Waals surface area contributed by atoms with E-state index in [0.717, 1.165) is 32.0 Å². The predicted molar refractivity (Wildman–Crippen MR) is 176 cm³/mol. The van der Waals surface area contributed by atoms with Crippen LogP contribution in [0.4, 0.5) is 8.63 Å². The average Bonchev–Trinajstić information content (AvgIpc) is 3.49. The highest BCUT2D eigenvalue weighted by molar-refractivity contribution is 7.85. The van der Waals surface area contributed by atoms with Gasteiger partial charge in [-0.1, -0.05) is 18.2 Å². The number of hydrogen-bond acceptors (Lipinski definition) is 7. The zero-order chi connectivity index (χ0) is 34.7. The average molecular weight is 676 g/mol. The van der Waals surface area contributed by atoms with E-state index in [0.29, 0.717) is 41.2 Å². The second kappa shape index (κ2) is 14.2. The molecule has 0 saturated carbocycles. The van der Waals surface area contributed by atoms with Gasteiger partial charge in [-0.25, -0.2) is 13.2 Å². The molecule has 1 amide bonds. The zero-order valence-corrected chi connectivity index (χ0v) is 28.6. The van der Waals surface area contributed by atoms with Crippen LogP contribution in [-0.2, 0) is 30.9 Å². The highest BCUT2D eigenvalue weighted by atomic mass is 32.2. The lowest BCUT2D eigenvalue weighted by Crippen LogP contribution is -2.51. The molecule has 3 heterocycles. The van der Waals surface area contributed by atoms with E-state index in [1.54, 1.807) is 50.2 Å². The molecule has 2 aliphatic heterocycles. The van der Waals surface area contributed by atoms with Gasteiger partial charge in [0.05, 0.1) is 43.6 Å². The third-order valence-corrected chi connectivity index (χ3v) is 8.88. The number of amides is 1. The van der Waals surface area contributed by atoms with Crippen molar-refractivity contribution in [2.24, 2.45) is 0 Å². The molecule has 256 valence electrons. The quantitative estimate of drug-likeness (QED) is 0.133. The first-order valence-corrected chi connectivity index (χ1v) is 17.2. The second-order valence-electron chi connectivity index (χ2n) is 13.4. The van der Waals surface area contributed by atoms with Crippen molar-refractivity contribution < 1.29 is 44.9 Å². The minimum Gasteiger partial charge on any atom is -0.748 e. The standard InChI is InChI=1S/C32H44BF2N5O6S/c1-23-19-26(14-15-31(41)36-27(22-47(43,44)45)32(42)46-18-16-37(2)3)38-28(23)21-30-25(13-10-17-40(4,5)6)20-29(39(30)33(38,34)35)24-11-8-7-9-12-24/h7-9,11-12,19-21,27H,10,13-18,22H2,1-6H3,(H-,36,41,43,44,45). The molecule has 0 aliphatic carbocycles. The fourth-order valence-electron chi connectivity index (χ4n) is 5.90. The lowest BCUT2D eigenvalue weighted by Gasteiger charge is -2.32. The lowest BCUT2D eigenvalue weighted by molar-refractivity contribution is -0.870. The van der Waals surface area contributed by atoms with Crippen LogP contribution in [0.25, 0.3) is 6.08 Å². The van der Waals surface area contributed by atoms with Gasteiger partial charge in [0, 0.05) is 48.4 Å². The summed E-state index contributed by atoms with van der Waals surface area (Å²) in [6, 6.07) is 8.95. The first kappa shape index (κ1) is 36.2. The van der Waals surface area contributed by atoms with Crippen LogP contribution in [0.2, 0.25) is 0 Å². The van der Waals surface area contributed by atoms with Gasteiger partial charge in [-0.3, -0.25) is 4.79 Å². The molecule has 0 radical (unpaired) electrons. The van der Waals surface area contributed by atoms with Crippen molar-refractivity contribution in [3.05, 3.63) is 76.3 Å².